The molecule has 0 bridgehead atoms. The van der Waals surface area contributed by atoms with Crippen molar-refractivity contribution in [1.29, 1.82) is 0 Å². The second kappa shape index (κ2) is 5.70. The second-order valence-electron chi connectivity index (χ2n) is 5.50. The minimum absolute atomic E-state index is 0.0538. The average Bonchev–Trinajstić information content (AvgIpc) is 2.41. The number of carbonyl (C=O) groups is 1. The van der Waals surface area contributed by atoms with Gasteiger partial charge >= 0.3 is 5.97 Å². The Morgan fingerprint density at radius 3 is 2.65 bits per heavy atom. The molecule has 2 nitrogen and oxygen atoms in total. The Bertz CT molecular complexity index is 287. The van der Waals surface area contributed by atoms with Crippen molar-refractivity contribution < 1.29 is 9.53 Å². The summed E-state index contributed by atoms with van der Waals surface area (Å²) in [5, 5.41) is 0. The van der Waals surface area contributed by atoms with Crippen molar-refractivity contribution in [3.05, 3.63) is 12.2 Å². The standard InChI is InChI=1S/C15H24O2/c1-2-15(11-7-4-8-12-15)17-14(16)13-9-5-3-6-10-13/h3,5,13H,2,4,6-12H2,1H3. The number of esters is 1. The Labute approximate surface area is 104 Å². The first-order valence-electron chi connectivity index (χ1n) is 7.14. The zero-order valence-corrected chi connectivity index (χ0v) is 10.9. The molecule has 1 fully saturated rings. The number of ether oxygens (including phenoxy) is 1. The Morgan fingerprint density at radius 2 is 2.06 bits per heavy atom. The summed E-state index contributed by atoms with van der Waals surface area (Å²) in [6.07, 6.45) is 14.0. The van der Waals surface area contributed by atoms with Crippen LogP contribution in [-0.4, -0.2) is 11.6 Å². The summed E-state index contributed by atoms with van der Waals surface area (Å²) in [4.78, 5) is 12.2. The van der Waals surface area contributed by atoms with Crippen molar-refractivity contribution in [2.75, 3.05) is 0 Å². The number of hydrogen-bond donors (Lipinski definition) is 0. The first-order valence-corrected chi connectivity index (χ1v) is 7.14. The van der Waals surface area contributed by atoms with Gasteiger partial charge in [-0.1, -0.05) is 25.5 Å². The molecule has 2 heteroatoms. The molecule has 0 heterocycles. The lowest BCUT2D eigenvalue weighted by Gasteiger charge is -2.37. The van der Waals surface area contributed by atoms with E-state index in [-0.39, 0.29) is 17.5 Å². The number of rotatable bonds is 3. The maximum atomic E-state index is 12.2. The number of hydrogen-bond acceptors (Lipinski definition) is 2. The quantitative estimate of drug-likeness (QED) is 0.547. The third-order valence-electron chi connectivity index (χ3n) is 4.33. The highest BCUT2D eigenvalue weighted by Gasteiger charge is 2.35. The fourth-order valence-corrected chi connectivity index (χ4v) is 3.03. The molecule has 0 radical (unpaired) electrons. The largest absolute Gasteiger partial charge is 0.459 e. The molecular weight excluding hydrogens is 212 g/mol. The molecule has 0 saturated heterocycles. The van der Waals surface area contributed by atoms with Gasteiger partial charge in [-0.25, -0.2) is 0 Å². The fourth-order valence-electron chi connectivity index (χ4n) is 3.03. The monoisotopic (exact) mass is 236 g/mol. The second-order valence-corrected chi connectivity index (χ2v) is 5.50. The van der Waals surface area contributed by atoms with E-state index in [0.717, 1.165) is 38.5 Å². The highest BCUT2D eigenvalue weighted by atomic mass is 16.6. The van der Waals surface area contributed by atoms with Gasteiger partial charge in [0.25, 0.3) is 0 Å². The van der Waals surface area contributed by atoms with Crippen LogP contribution in [0.1, 0.15) is 64.7 Å². The molecule has 0 amide bonds. The predicted octanol–water partition coefficient (Wildman–Crippen LogP) is 4.00. The third-order valence-corrected chi connectivity index (χ3v) is 4.33. The summed E-state index contributed by atoms with van der Waals surface area (Å²) in [5.74, 6) is 0.170. The van der Waals surface area contributed by atoms with Crippen LogP contribution in [0.15, 0.2) is 12.2 Å². The lowest BCUT2D eigenvalue weighted by molar-refractivity contribution is -0.169. The average molecular weight is 236 g/mol. The molecule has 0 aromatic rings. The maximum Gasteiger partial charge on any atom is 0.309 e. The van der Waals surface area contributed by atoms with Gasteiger partial charge in [-0.05, 0) is 51.4 Å². The van der Waals surface area contributed by atoms with Gasteiger partial charge in [0.15, 0.2) is 0 Å². The Balaban J connectivity index is 1.93. The van der Waals surface area contributed by atoms with Crippen LogP contribution >= 0.6 is 0 Å². The van der Waals surface area contributed by atoms with E-state index in [9.17, 15) is 4.79 Å². The third kappa shape index (κ3) is 3.11. The Morgan fingerprint density at radius 1 is 1.29 bits per heavy atom. The first kappa shape index (κ1) is 12.7. The van der Waals surface area contributed by atoms with E-state index >= 15 is 0 Å². The van der Waals surface area contributed by atoms with Crippen LogP contribution in [0.2, 0.25) is 0 Å². The molecular formula is C15H24O2. The van der Waals surface area contributed by atoms with Crippen molar-refractivity contribution in [3.63, 3.8) is 0 Å². The molecule has 17 heavy (non-hydrogen) atoms. The zero-order chi connectivity index (χ0) is 12.1. The van der Waals surface area contributed by atoms with E-state index in [1.165, 1.54) is 19.3 Å². The molecule has 2 rings (SSSR count). The predicted molar refractivity (Wildman–Crippen MR) is 68.7 cm³/mol. The molecule has 2 aliphatic rings. The summed E-state index contributed by atoms with van der Waals surface area (Å²) in [6.45, 7) is 2.15. The molecule has 0 N–H and O–H groups in total. The van der Waals surface area contributed by atoms with Gasteiger partial charge in [0.05, 0.1) is 5.92 Å². The van der Waals surface area contributed by atoms with Crippen molar-refractivity contribution in [3.8, 4) is 0 Å². The first-order chi connectivity index (χ1) is 8.26. The van der Waals surface area contributed by atoms with Crippen LogP contribution in [0.25, 0.3) is 0 Å². The molecule has 0 aromatic carbocycles. The molecule has 0 spiro atoms. The van der Waals surface area contributed by atoms with E-state index < -0.39 is 0 Å². The molecule has 0 aromatic heterocycles. The molecule has 2 aliphatic carbocycles. The molecule has 0 aliphatic heterocycles. The van der Waals surface area contributed by atoms with Gasteiger partial charge in [0.1, 0.15) is 5.60 Å². The van der Waals surface area contributed by atoms with E-state index in [4.69, 9.17) is 4.74 Å². The highest BCUT2D eigenvalue weighted by molar-refractivity contribution is 5.73. The zero-order valence-electron chi connectivity index (χ0n) is 10.9. The summed E-state index contributed by atoms with van der Waals surface area (Å²) in [7, 11) is 0. The normalized spacial score (nSPS) is 27.7. The van der Waals surface area contributed by atoms with E-state index in [1.807, 2.05) is 0 Å². The smallest absolute Gasteiger partial charge is 0.309 e. The minimum Gasteiger partial charge on any atom is -0.459 e. The Hall–Kier alpha value is -0.790. The SMILES string of the molecule is CCC1(OC(=O)C2CC=CCC2)CCCCC1. The number of carbonyl (C=O) groups excluding carboxylic acids is 1. The summed E-state index contributed by atoms with van der Waals surface area (Å²) >= 11 is 0. The summed E-state index contributed by atoms with van der Waals surface area (Å²) < 4.78 is 5.89. The maximum absolute atomic E-state index is 12.2. The summed E-state index contributed by atoms with van der Waals surface area (Å²) in [6, 6.07) is 0. The van der Waals surface area contributed by atoms with E-state index in [1.54, 1.807) is 0 Å². The highest BCUT2D eigenvalue weighted by Crippen LogP contribution is 2.35. The van der Waals surface area contributed by atoms with Crippen molar-refractivity contribution in [2.24, 2.45) is 5.92 Å². The molecule has 1 unspecified atom stereocenters. The molecule has 96 valence electrons. The lowest BCUT2D eigenvalue weighted by atomic mass is 9.82. The number of allylic oxidation sites excluding steroid dienone is 2. The van der Waals surface area contributed by atoms with Crippen LogP contribution in [0.4, 0.5) is 0 Å². The van der Waals surface area contributed by atoms with E-state index in [2.05, 4.69) is 19.1 Å². The van der Waals surface area contributed by atoms with Crippen molar-refractivity contribution in [1.82, 2.24) is 0 Å². The minimum atomic E-state index is -0.128. The van der Waals surface area contributed by atoms with Crippen LogP contribution in [0, 0.1) is 5.92 Å². The van der Waals surface area contributed by atoms with Gasteiger partial charge < -0.3 is 4.74 Å². The van der Waals surface area contributed by atoms with Crippen LogP contribution < -0.4 is 0 Å². The van der Waals surface area contributed by atoms with Gasteiger partial charge in [-0.2, -0.15) is 0 Å². The van der Waals surface area contributed by atoms with Gasteiger partial charge in [0.2, 0.25) is 0 Å². The van der Waals surface area contributed by atoms with Gasteiger partial charge in [0, 0.05) is 0 Å². The summed E-state index contributed by atoms with van der Waals surface area (Å²) in [5.41, 5.74) is -0.128. The van der Waals surface area contributed by atoms with Crippen LogP contribution in [0.3, 0.4) is 0 Å². The molecule has 1 saturated carbocycles. The van der Waals surface area contributed by atoms with Crippen molar-refractivity contribution in [2.45, 2.75) is 70.3 Å². The lowest BCUT2D eigenvalue weighted by Crippen LogP contribution is -2.38. The van der Waals surface area contributed by atoms with E-state index in [0.29, 0.717) is 0 Å². The van der Waals surface area contributed by atoms with Gasteiger partial charge in [-0.15, -0.1) is 0 Å². The Kier molecular flexibility index (Phi) is 4.25. The van der Waals surface area contributed by atoms with Crippen LogP contribution in [0.5, 0.6) is 0 Å². The fraction of sp³-hybridized carbons (Fsp3) is 0.800. The van der Waals surface area contributed by atoms with Crippen molar-refractivity contribution >= 4 is 5.97 Å². The van der Waals surface area contributed by atoms with Gasteiger partial charge in [-0.3, -0.25) is 4.79 Å². The topological polar surface area (TPSA) is 26.3 Å². The molecule has 1 atom stereocenters. The van der Waals surface area contributed by atoms with Crippen LogP contribution in [-0.2, 0) is 9.53 Å².